The van der Waals surface area contributed by atoms with Crippen molar-refractivity contribution in [3.63, 3.8) is 0 Å². The Hall–Kier alpha value is -2.83. The van der Waals surface area contributed by atoms with Crippen molar-refractivity contribution in [3.05, 3.63) is 41.2 Å². The van der Waals surface area contributed by atoms with Crippen LogP contribution in [0.3, 0.4) is 0 Å². The summed E-state index contributed by atoms with van der Waals surface area (Å²) in [5.41, 5.74) is 2.75. The Bertz CT molecular complexity index is 750. The predicted octanol–water partition coefficient (Wildman–Crippen LogP) is 3.87. The fraction of sp³-hybridized carbons (Fsp3) is 0.421. The van der Waals surface area contributed by atoms with E-state index in [4.69, 9.17) is 4.52 Å². The van der Waals surface area contributed by atoms with E-state index in [2.05, 4.69) is 15.8 Å². The number of nitrogens with one attached hydrogen (secondary N) is 2. The van der Waals surface area contributed by atoms with Crippen molar-refractivity contribution in [2.24, 2.45) is 0 Å². The Kier molecular flexibility index (Phi) is 6.77. The molecule has 0 atom stereocenters. The molecule has 0 unspecified atom stereocenters. The Balaban J connectivity index is 2.05. The van der Waals surface area contributed by atoms with Crippen molar-refractivity contribution < 1.29 is 14.1 Å². The highest BCUT2D eigenvalue weighted by molar-refractivity contribution is 5.97. The van der Waals surface area contributed by atoms with Crippen LogP contribution < -0.4 is 10.6 Å². The number of carbonyl (C=O) groups excluding carboxylic acids is 2. The molecule has 3 amide bonds. The molecule has 0 saturated heterocycles. The number of nitrogens with zero attached hydrogens (tertiary/aromatic N) is 2. The molecule has 140 valence electrons. The van der Waals surface area contributed by atoms with Crippen LogP contribution in [-0.2, 0) is 4.79 Å². The lowest BCUT2D eigenvalue weighted by molar-refractivity contribution is -0.116. The standard InChI is InChI=1S/C19H26N4O3/c1-5-6-10-23(12-17(24)20-16-11-15(4)26-22-16)19(25)21-18-13(2)8-7-9-14(18)3/h7-9,11H,5-6,10,12H2,1-4H3,(H,21,25)(H,20,22,24). The minimum Gasteiger partial charge on any atom is -0.360 e. The summed E-state index contributed by atoms with van der Waals surface area (Å²) < 4.78 is 4.93. The van der Waals surface area contributed by atoms with E-state index in [0.29, 0.717) is 18.1 Å². The van der Waals surface area contributed by atoms with Gasteiger partial charge in [-0.3, -0.25) is 4.79 Å². The Morgan fingerprint density at radius 1 is 1.15 bits per heavy atom. The first-order valence-corrected chi connectivity index (χ1v) is 8.76. The van der Waals surface area contributed by atoms with E-state index < -0.39 is 0 Å². The number of amides is 3. The molecule has 26 heavy (non-hydrogen) atoms. The molecule has 0 saturated carbocycles. The molecule has 0 spiro atoms. The molecule has 2 rings (SSSR count). The van der Waals surface area contributed by atoms with E-state index in [-0.39, 0.29) is 18.5 Å². The molecule has 1 heterocycles. The summed E-state index contributed by atoms with van der Waals surface area (Å²) in [5, 5.41) is 9.31. The highest BCUT2D eigenvalue weighted by atomic mass is 16.5. The third kappa shape index (κ3) is 5.34. The van der Waals surface area contributed by atoms with Gasteiger partial charge in [-0.25, -0.2) is 4.79 Å². The zero-order valence-electron chi connectivity index (χ0n) is 15.8. The number of para-hydroxylation sites is 1. The Labute approximate surface area is 153 Å². The second-order valence-corrected chi connectivity index (χ2v) is 6.34. The third-order valence-corrected chi connectivity index (χ3v) is 4.01. The monoisotopic (exact) mass is 358 g/mol. The lowest BCUT2D eigenvalue weighted by atomic mass is 10.1. The number of carbonyl (C=O) groups is 2. The van der Waals surface area contributed by atoms with E-state index in [1.807, 2.05) is 39.0 Å². The number of hydrogen-bond donors (Lipinski definition) is 2. The van der Waals surface area contributed by atoms with Gasteiger partial charge in [-0.2, -0.15) is 0 Å². The number of anilines is 2. The number of aromatic nitrogens is 1. The SMILES string of the molecule is CCCCN(CC(=O)Nc1cc(C)on1)C(=O)Nc1c(C)cccc1C. The van der Waals surface area contributed by atoms with Gasteiger partial charge < -0.3 is 20.1 Å². The quantitative estimate of drug-likeness (QED) is 0.786. The van der Waals surface area contributed by atoms with Gasteiger partial charge in [-0.15, -0.1) is 0 Å². The summed E-state index contributed by atoms with van der Waals surface area (Å²) in [6.07, 6.45) is 1.74. The van der Waals surface area contributed by atoms with Crippen LogP contribution in [0.25, 0.3) is 0 Å². The molecular formula is C19H26N4O3. The van der Waals surface area contributed by atoms with Gasteiger partial charge >= 0.3 is 6.03 Å². The van der Waals surface area contributed by atoms with E-state index in [1.165, 1.54) is 4.90 Å². The topological polar surface area (TPSA) is 87.5 Å². The maximum absolute atomic E-state index is 12.7. The number of benzene rings is 1. The van der Waals surface area contributed by atoms with Crippen molar-refractivity contribution in [3.8, 4) is 0 Å². The van der Waals surface area contributed by atoms with Crippen LogP contribution >= 0.6 is 0 Å². The maximum atomic E-state index is 12.7. The van der Waals surface area contributed by atoms with E-state index >= 15 is 0 Å². The summed E-state index contributed by atoms with van der Waals surface area (Å²) in [4.78, 5) is 26.5. The molecule has 0 aliphatic carbocycles. The summed E-state index contributed by atoms with van der Waals surface area (Å²) >= 11 is 0. The molecule has 0 radical (unpaired) electrons. The van der Waals surface area contributed by atoms with Crippen molar-refractivity contribution >= 4 is 23.4 Å². The first kappa shape index (κ1) is 19.5. The van der Waals surface area contributed by atoms with Gasteiger partial charge in [0.15, 0.2) is 5.82 Å². The second-order valence-electron chi connectivity index (χ2n) is 6.34. The average Bonchev–Trinajstić information content (AvgIpc) is 2.99. The third-order valence-electron chi connectivity index (χ3n) is 4.01. The zero-order chi connectivity index (χ0) is 19.1. The van der Waals surface area contributed by atoms with E-state index in [0.717, 1.165) is 29.7 Å². The first-order valence-electron chi connectivity index (χ1n) is 8.76. The first-order chi connectivity index (χ1) is 12.4. The van der Waals surface area contributed by atoms with Crippen molar-refractivity contribution in [2.75, 3.05) is 23.7 Å². The van der Waals surface area contributed by atoms with Gasteiger partial charge in [0.25, 0.3) is 0 Å². The molecule has 0 aliphatic rings. The summed E-state index contributed by atoms with van der Waals surface area (Å²) in [7, 11) is 0. The van der Waals surface area contributed by atoms with Gasteiger partial charge in [-0.1, -0.05) is 36.7 Å². The zero-order valence-corrected chi connectivity index (χ0v) is 15.8. The molecule has 2 N–H and O–H groups in total. The number of hydrogen-bond acceptors (Lipinski definition) is 4. The molecule has 2 aromatic rings. The van der Waals surface area contributed by atoms with E-state index in [9.17, 15) is 9.59 Å². The van der Waals surface area contributed by atoms with E-state index in [1.54, 1.807) is 13.0 Å². The Morgan fingerprint density at radius 2 is 1.85 bits per heavy atom. The molecule has 1 aromatic heterocycles. The predicted molar refractivity (Wildman–Crippen MR) is 101 cm³/mol. The van der Waals surface area contributed by atoms with Crippen LogP contribution in [0.4, 0.5) is 16.3 Å². The van der Waals surface area contributed by atoms with Gasteiger partial charge in [0.05, 0.1) is 0 Å². The van der Waals surface area contributed by atoms with Crippen molar-refractivity contribution in [1.29, 1.82) is 0 Å². The van der Waals surface area contributed by atoms with Crippen LogP contribution in [0.15, 0.2) is 28.8 Å². The lowest BCUT2D eigenvalue weighted by Gasteiger charge is -2.23. The van der Waals surface area contributed by atoms with Gasteiger partial charge in [-0.05, 0) is 38.3 Å². The molecule has 7 heteroatoms. The molecular weight excluding hydrogens is 332 g/mol. The highest BCUT2D eigenvalue weighted by Crippen LogP contribution is 2.20. The van der Waals surface area contributed by atoms with Crippen molar-refractivity contribution in [2.45, 2.75) is 40.5 Å². The number of rotatable bonds is 7. The van der Waals surface area contributed by atoms with Gasteiger partial charge in [0.1, 0.15) is 12.3 Å². The number of urea groups is 1. The normalized spacial score (nSPS) is 10.5. The highest BCUT2D eigenvalue weighted by Gasteiger charge is 2.19. The van der Waals surface area contributed by atoms with Crippen molar-refractivity contribution in [1.82, 2.24) is 10.1 Å². The summed E-state index contributed by atoms with van der Waals surface area (Å²) in [5.74, 6) is 0.639. The van der Waals surface area contributed by atoms with Gasteiger partial charge in [0, 0.05) is 18.3 Å². The minimum atomic E-state index is -0.314. The lowest BCUT2D eigenvalue weighted by Crippen LogP contribution is -2.41. The van der Waals surface area contributed by atoms with Crippen LogP contribution in [0.2, 0.25) is 0 Å². The molecule has 7 nitrogen and oxygen atoms in total. The minimum absolute atomic E-state index is 0.0529. The summed E-state index contributed by atoms with van der Waals surface area (Å²) in [6, 6.07) is 7.17. The molecule has 0 fully saturated rings. The number of unbranched alkanes of at least 4 members (excludes halogenated alkanes) is 1. The largest absolute Gasteiger partial charge is 0.360 e. The molecule has 0 aliphatic heterocycles. The fourth-order valence-electron chi connectivity index (χ4n) is 2.58. The number of aryl methyl sites for hydroxylation is 3. The van der Waals surface area contributed by atoms with Crippen LogP contribution in [-0.4, -0.2) is 35.1 Å². The van der Waals surface area contributed by atoms with Gasteiger partial charge in [0.2, 0.25) is 5.91 Å². The summed E-state index contributed by atoms with van der Waals surface area (Å²) in [6.45, 7) is 8.12. The molecule has 0 bridgehead atoms. The average molecular weight is 358 g/mol. The van der Waals surface area contributed by atoms with Crippen LogP contribution in [0.5, 0.6) is 0 Å². The fourth-order valence-corrected chi connectivity index (χ4v) is 2.58. The molecule has 1 aromatic carbocycles. The van der Waals surface area contributed by atoms with Crippen LogP contribution in [0.1, 0.15) is 36.7 Å². The second kappa shape index (κ2) is 9.03. The maximum Gasteiger partial charge on any atom is 0.322 e. The Morgan fingerprint density at radius 3 is 2.42 bits per heavy atom. The smallest absolute Gasteiger partial charge is 0.322 e. The van der Waals surface area contributed by atoms with Crippen LogP contribution in [0, 0.1) is 20.8 Å².